The van der Waals surface area contributed by atoms with Gasteiger partial charge in [-0.15, -0.1) is 11.3 Å². The number of ether oxygens (including phenoxy) is 1. The molecule has 1 atom stereocenters. The van der Waals surface area contributed by atoms with Gasteiger partial charge in [0.25, 0.3) is 0 Å². The van der Waals surface area contributed by atoms with Gasteiger partial charge in [0.05, 0.1) is 12.6 Å². The summed E-state index contributed by atoms with van der Waals surface area (Å²) in [5, 5.41) is 5.43. The topological polar surface area (TPSA) is 41.6 Å². The molecule has 0 saturated carbocycles. The number of hydrogen-bond donors (Lipinski definition) is 1. The van der Waals surface area contributed by atoms with E-state index in [0.717, 1.165) is 37.2 Å². The summed E-state index contributed by atoms with van der Waals surface area (Å²) in [5.41, 5.74) is 2.36. The van der Waals surface area contributed by atoms with Crippen molar-refractivity contribution in [3.63, 3.8) is 0 Å². The number of hydrogen-bond acceptors (Lipinski definition) is 4. The molecule has 0 saturated heterocycles. The first-order valence-electron chi connectivity index (χ1n) is 9.81. The van der Waals surface area contributed by atoms with Gasteiger partial charge in [-0.3, -0.25) is 4.79 Å². The number of aryl methyl sites for hydroxylation is 1. The van der Waals surface area contributed by atoms with E-state index in [2.05, 4.69) is 30.6 Å². The Kier molecular flexibility index (Phi) is 6.91. The smallest absolute Gasteiger partial charge is 0.237 e. The maximum Gasteiger partial charge on any atom is 0.237 e. The van der Waals surface area contributed by atoms with Crippen LogP contribution in [0.2, 0.25) is 0 Å². The molecule has 0 aliphatic carbocycles. The number of amides is 1. The number of para-hydroxylation sites is 1. The molecule has 2 aromatic rings. The summed E-state index contributed by atoms with van der Waals surface area (Å²) in [4.78, 5) is 16.2. The van der Waals surface area contributed by atoms with Gasteiger partial charge in [-0.2, -0.15) is 0 Å². The zero-order chi connectivity index (χ0) is 19.2. The molecule has 0 spiro atoms. The fourth-order valence-corrected chi connectivity index (χ4v) is 4.38. The zero-order valence-electron chi connectivity index (χ0n) is 16.5. The van der Waals surface area contributed by atoms with E-state index in [-0.39, 0.29) is 11.9 Å². The second-order valence-electron chi connectivity index (χ2n) is 7.59. The molecule has 1 amide bonds. The highest BCUT2D eigenvalue weighted by Crippen LogP contribution is 2.34. The second kappa shape index (κ2) is 9.38. The number of benzene rings is 1. The van der Waals surface area contributed by atoms with E-state index in [4.69, 9.17) is 4.74 Å². The Morgan fingerprint density at radius 2 is 2.15 bits per heavy atom. The number of nitrogens with zero attached hydrogens (tertiary/aromatic N) is 1. The number of fused-ring (bicyclic) bond motifs is 1. The Balaban J connectivity index is 1.67. The van der Waals surface area contributed by atoms with Gasteiger partial charge < -0.3 is 15.0 Å². The minimum absolute atomic E-state index is 0.0148. The van der Waals surface area contributed by atoms with Crippen molar-refractivity contribution in [2.75, 3.05) is 26.2 Å². The van der Waals surface area contributed by atoms with Crippen molar-refractivity contribution in [2.45, 2.75) is 39.7 Å². The molecule has 5 heteroatoms. The predicted octanol–water partition coefficient (Wildman–Crippen LogP) is 4.20. The summed E-state index contributed by atoms with van der Waals surface area (Å²) < 4.78 is 6.13. The number of carbonyl (C=O) groups is 1. The van der Waals surface area contributed by atoms with Crippen molar-refractivity contribution in [3.8, 4) is 5.75 Å². The van der Waals surface area contributed by atoms with Crippen LogP contribution in [0.1, 0.15) is 42.3 Å². The van der Waals surface area contributed by atoms with Gasteiger partial charge in [-0.05, 0) is 60.9 Å². The van der Waals surface area contributed by atoms with Crippen LogP contribution in [0.15, 0.2) is 35.7 Å². The van der Waals surface area contributed by atoms with Crippen LogP contribution in [-0.2, 0) is 11.2 Å². The van der Waals surface area contributed by atoms with Gasteiger partial charge in [-0.25, -0.2) is 0 Å². The summed E-state index contributed by atoms with van der Waals surface area (Å²) in [5.74, 6) is 1.70. The molecule has 1 aromatic carbocycles. The average molecular weight is 387 g/mol. The third kappa shape index (κ3) is 5.11. The summed E-state index contributed by atoms with van der Waals surface area (Å²) in [7, 11) is 0. The van der Waals surface area contributed by atoms with Gasteiger partial charge in [0.1, 0.15) is 12.4 Å². The Hall–Kier alpha value is -1.85. The molecular formula is C22H30N2O2S. The monoisotopic (exact) mass is 386 g/mol. The summed E-state index contributed by atoms with van der Waals surface area (Å²) in [6.07, 6.45) is 2.02. The fraction of sp³-hybridized carbons (Fsp3) is 0.500. The molecule has 1 aromatic heterocycles. The van der Waals surface area contributed by atoms with E-state index in [1.807, 2.05) is 36.1 Å². The quantitative estimate of drug-likeness (QED) is 0.692. The number of rotatable bonds is 8. The highest BCUT2D eigenvalue weighted by molar-refractivity contribution is 7.10. The molecule has 1 N–H and O–H groups in total. The van der Waals surface area contributed by atoms with Crippen molar-refractivity contribution in [2.24, 2.45) is 5.92 Å². The molecule has 0 radical (unpaired) electrons. The first-order valence-corrected chi connectivity index (χ1v) is 10.7. The summed E-state index contributed by atoms with van der Waals surface area (Å²) in [6.45, 7) is 8.98. The van der Waals surface area contributed by atoms with Gasteiger partial charge in [0.15, 0.2) is 0 Å². The highest BCUT2D eigenvalue weighted by Gasteiger charge is 2.32. The van der Waals surface area contributed by atoms with Crippen LogP contribution < -0.4 is 10.1 Å². The Morgan fingerprint density at radius 1 is 1.33 bits per heavy atom. The molecular weight excluding hydrogens is 356 g/mol. The average Bonchev–Trinajstić information content (AvgIpc) is 3.13. The van der Waals surface area contributed by atoms with Crippen molar-refractivity contribution >= 4 is 17.2 Å². The molecule has 0 fully saturated rings. The number of nitrogens with one attached hydrogen (secondary N) is 1. The van der Waals surface area contributed by atoms with Crippen LogP contribution in [0, 0.1) is 12.8 Å². The summed E-state index contributed by atoms with van der Waals surface area (Å²) in [6, 6.07) is 10.2. The zero-order valence-corrected chi connectivity index (χ0v) is 17.3. The molecule has 27 heavy (non-hydrogen) atoms. The molecule has 1 aliphatic heterocycles. The fourth-order valence-electron chi connectivity index (χ4n) is 3.45. The molecule has 4 nitrogen and oxygen atoms in total. The standard InChI is InChI=1S/C22H30N2O2S/c1-16(2)8-11-23-14-22(25)24-12-9-21-18(10-13-27-21)19(24)15-26-20-7-5-4-6-17(20)3/h4-7,10,13,16,19,23H,8-9,11-12,14-15H2,1-3H3. The Bertz CT molecular complexity index is 756. The van der Waals surface area contributed by atoms with E-state index in [0.29, 0.717) is 19.1 Å². The van der Waals surface area contributed by atoms with E-state index < -0.39 is 0 Å². The number of thiophene rings is 1. The van der Waals surface area contributed by atoms with Crippen LogP contribution in [0.3, 0.4) is 0 Å². The van der Waals surface area contributed by atoms with Crippen LogP contribution in [-0.4, -0.2) is 37.0 Å². The lowest BCUT2D eigenvalue weighted by Crippen LogP contribution is -2.45. The minimum Gasteiger partial charge on any atom is -0.491 e. The van der Waals surface area contributed by atoms with Gasteiger partial charge in [0.2, 0.25) is 5.91 Å². The van der Waals surface area contributed by atoms with Crippen LogP contribution in [0.25, 0.3) is 0 Å². The third-order valence-electron chi connectivity index (χ3n) is 5.08. The first-order chi connectivity index (χ1) is 13.1. The van der Waals surface area contributed by atoms with Crippen LogP contribution in [0.5, 0.6) is 5.75 Å². The highest BCUT2D eigenvalue weighted by atomic mass is 32.1. The molecule has 1 aliphatic rings. The van der Waals surface area contributed by atoms with Crippen molar-refractivity contribution in [1.29, 1.82) is 0 Å². The van der Waals surface area contributed by atoms with Crippen LogP contribution >= 0.6 is 11.3 Å². The molecule has 3 rings (SSSR count). The third-order valence-corrected chi connectivity index (χ3v) is 6.08. The van der Waals surface area contributed by atoms with Crippen molar-refractivity contribution in [3.05, 3.63) is 51.7 Å². The Labute approximate surface area is 166 Å². The largest absolute Gasteiger partial charge is 0.491 e. The van der Waals surface area contributed by atoms with E-state index in [1.54, 1.807) is 11.3 Å². The van der Waals surface area contributed by atoms with E-state index in [9.17, 15) is 4.79 Å². The predicted molar refractivity (Wildman–Crippen MR) is 111 cm³/mol. The maximum absolute atomic E-state index is 12.9. The van der Waals surface area contributed by atoms with Crippen molar-refractivity contribution < 1.29 is 9.53 Å². The normalized spacial score (nSPS) is 16.4. The van der Waals surface area contributed by atoms with Crippen LogP contribution in [0.4, 0.5) is 0 Å². The van der Waals surface area contributed by atoms with Gasteiger partial charge in [-0.1, -0.05) is 32.0 Å². The van der Waals surface area contributed by atoms with Gasteiger partial charge >= 0.3 is 0 Å². The minimum atomic E-state index is -0.0148. The lowest BCUT2D eigenvalue weighted by molar-refractivity contribution is -0.133. The first kappa shape index (κ1) is 19.9. The molecule has 2 heterocycles. The Morgan fingerprint density at radius 3 is 2.93 bits per heavy atom. The second-order valence-corrected chi connectivity index (χ2v) is 8.59. The van der Waals surface area contributed by atoms with Crippen molar-refractivity contribution in [1.82, 2.24) is 10.2 Å². The van der Waals surface area contributed by atoms with E-state index >= 15 is 0 Å². The maximum atomic E-state index is 12.9. The SMILES string of the molecule is Cc1ccccc1OCC1c2ccsc2CCN1C(=O)CNCCC(C)C. The van der Waals surface area contributed by atoms with Gasteiger partial charge in [0, 0.05) is 11.4 Å². The lowest BCUT2D eigenvalue weighted by Gasteiger charge is -2.36. The summed E-state index contributed by atoms with van der Waals surface area (Å²) >= 11 is 1.78. The lowest BCUT2D eigenvalue weighted by atomic mass is 10.0. The number of carbonyl (C=O) groups excluding carboxylic acids is 1. The molecule has 1 unspecified atom stereocenters. The van der Waals surface area contributed by atoms with E-state index in [1.165, 1.54) is 10.4 Å². The molecule has 146 valence electrons. The molecule has 0 bridgehead atoms.